The van der Waals surface area contributed by atoms with E-state index in [9.17, 15) is 4.79 Å². The van der Waals surface area contributed by atoms with Crippen molar-refractivity contribution < 1.29 is 4.79 Å². The maximum atomic E-state index is 10.7. The monoisotopic (exact) mass is 213 g/mol. The third kappa shape index (κ3) is 5.14. The number of piperidine rings is 1. The average molecular weight is 213 g/mol. The molecule has 0 saturated carbocycles. The highest BCUT2D eigenvalue weighted by Crippen LogP contribution is 2.15. The zero-order valence-electron chi connectivity index (χ0n) is 9.67. The molecule has 1 aliphatic heterocycles. The van der Waals surface area contributed by atoms with Crippen molar-refractivity contribution in [3.05, 3.63) is 0 Å². The first kappa shape index (κ1) is 12.5. The van der Waals surface area contributed by atoms with Gasteiger partial charge in [-0.2, -0.15) is 0 Å². The maximum absolute atomic E-state index is 10.7. The number of primary amides is 1. The van der Waals surface area contributed by atoms with Gasteiger partial charge in [0.15, 0.2) is 0 Å². The summed E-state index contributed by atoms with van der Waals surface area (Å²) in [6.07, 6.45) is 3.04. The van der Waals surface area contributed by atoms with Crippen LogP contribution in [0.25, 0.3) is 0 Å². The van der Waals surface area contributed by atoms with E-state index in [0.29, 0.717) is 6.42 Å². The first-order chi connectivity index (χ1) is 7.22. The molecule has 0 radical (unpaired) electrons. The Balaban J connectivity index is 2.19. The van der Waals surface area contributed by atoms with Gasteiger partial charge in [0.2, 0.25) is 5.91 Å². The Morgan fingerprint density at radius 2 is 2.40 bits per heavy atom. The Morgan fingerprint density at radius 3 is 3.07 bits per heavy atom. The molecule has 1 aliphatic rings. The molecule has 4 heteroatoms. The summed E-state index contributed by atoms with van der Waals surface area (Å²) in [5.74, 6) is 0.551. The number of rotatable bonds is 6. The van der Waals surface area contributed by atoms with Crippen molar-refractivity contribution >= 4 is 5.91 Å². The summed E-state index contributed by atoms with van der Waals surface area (Å²) in [4.78, 5) is 13.0. The van der Waals surface area contributed by atoms with Crippen LogP contribution in [-0.4, -0.2) is 43.5 Å². The number of nitrogens with one attached hydrogen (secondary N) is 1. The zero-order valence-corrected chi connectivity index (χ0v) is 9.67. The lowest BCUT2D eigenvalue weighted by atomic mass is 9.98. The van der Waals surface area contributed by atoms with E-state index in [1.807, 2.05) is 0 Å². The van der Waals surface area contributed by atoms with Crippen LogP contribution < -0.4 is 11.1 Å². The van der Waals surface area contributed by atoms with Crippen molar-refractivity contribution in [1.82, 2.24) is 10.2 Å². The molecule has 0 aromatic carbocycles. The van der Waals surface area contributed by atoms with Gasteiger partial charge in [0.1, 0.15) is 0 Å². The minimum atomic E-state index is -0.191. The minimum absolute atomic E-state index is 0.191. The number of likely N-dealkylation sites (tertiary alicyclic amines) is 1. The van der Waals surface area contributed by atoms with Gasteiger partial charge >= 0.3 is 0 Å². The van der Waals surface area contributed by atoms with Crippen LogP contribution in [0.5, 0.6) is 0 Å². The second-order valence-electron chi connectivity index (χ2n) is 4.33. The number of amides is 1. The number of nitrogens with zero attached hydrogens (tertiary/aromatic N) is 1. The van der Waals surface area contributed by atoms with Gasteiger partial charge in [0.05, 0.1) is 0 Å². The van der Waals surface area contributed by atoms with Gasteiger partial charge in [-0.15, -0.1) is 0 Å². The standard InChI is InChI=1S/C11H23N3O/c1-2-13-8-10-4-3-6-14(9-10)7-5-11(12)15/h10,13H,2-9H2,1H3,(H2,12,15). The molecule has 1 heterocycles. The van der Waals surface area contributed by atoms with E-state index in [0.717, 1.165) is 38.6 Å². The highest BCUT2D eigenvalue weighted by Gasteiger charge is 2.19. The van der Waals surface area contributed by atoms with Crippen LogP contribution in [0.3, 0.4) is 0 Å². The predicted octanol–water partition coefficient (Wildman–Crippen LogP) is 0.183. The number of hydrogen-bond donors (Lipinski definition) is 2. The van der Waals surface area contributed by atoms with Crippen molar-refractivity contribution in [1.29, 1.82) is 0 Å². The van der Waals surface area contributed by atoms with Gasteiger partial charge in [-0.3, -0.25) is 4.79 Å². The summed E-state index contributed by atoms with van der Waals surface area (Å²) >= 11 is 0. The molecule has 0 spiro atoms. The van der Waals surface area contributed by atoms with Gasteiger partial charge in [-0.25, -0.2) is 0 Å². The van der Waals surface area contributed by atoms with E-state index >= 15 is 0 Å². The lowest BCUT2D eigenvalue weighted by molar-refractivity contribution is -0.118. The van der Waals surface area contributed by atoms with Gasteiger partial charge in [0.25, 0.3) is 0 Å². The zero-order chi connectivity index (χ0) is 11.1. The van der Waals surface area contributed by atoms with Crippen molar-refractivity contribution in [3.63, 3.8) is 0 Å². The van der Waals surface area contributed by atoms with E-state index in [4.69, 9.17) is 5.73 Å². The third-order valence-electron chi connectivity index (χ3n) is 2.96. The van der Waals surface area contributed by atoms with Gasteiger partial charge < -0.3 is 16.0 Å². The van der Waals surface area contributed by atoms with E-state index < -0.39 is 0 Å². The average Bonchev–Trinajstić information content (AvgIpc) is 2.24. The molecule has 0 bridgehead atoms. The van der Waals surface area contributed by atoms with E-state index in [1.165, 1.54) is 12.8 Å². The summed E-state index contributed by atoms with van der Waals surface area (Å²) in [5, 5.41) is 3.39. The molecule has 0 aromatic heterocycles. The molecule has 1 amide bonds. The molecule has 1 unspecified atom stereocenters. The van der Waals surface area contributed by atoms with Gasteiger partial charge in [0, 0.05) is 19.5 Å². The van der Waals surface area contributed by atoms with Crippen LogP contribution in [0.15, 0.2) is 0 Å². The van der Waals surface area contributed by atoms with Crippen molar-refractivity contribution in [2.45, 2.75) is 26.2 Å². The Kier molecular flexibility index (Phi) is 5.65. The maximum Gasteiger partial charge on any atom is 0.218 e. The molecule has 3 N–H and O–H groups in total. The summed E-state index contributed by atoms with van der Waals surface area (Å²) in [7, 11) is 0. The fourth-order valence-electron chi connectivity index (χ4n) is 2.14. The second-order valence-corrected chi connectivity index (χ2v) is 4.33. The van der Waals surface area contributed by atoms with E-state index in [1.54, 1.807) is 0 Å². The molecule has 1 rings (SSSR count). The Labute approximate surface area is 92.2 Å². The summed E-state index contributed by atoms with van der Waals surface area (Å²) in [6, 6.07) is 0. The largest absolute Gasteiger partial charge is 0.370 e. The van der Waals surface area contributed by atoms with Crippen LogP contribution in [0, 0.1) is 5.92 Å². The Morgan fingerprint density at radius 1 is 1.60 bits per heavy atom. The number of carbonyl (C=O) groups is 1. The van der Waals surface area contributed by atoms with Crippen molar-refractivity contribution in [3.8, 4) is 0 Å². The molecular formula is C11H23N3O. The molecule has 1 fully saturated rings. The fraction of sp³-hybridized carbons (Fsp3) is 0.909. The normalized spacial score (nSPS) is 22.9. The number of nitrogens with two attached hydrogens (primary N) is 1. The molecule has 1 atom stereocenters. The molecule has 15 heavy (non-hydrogen) atoms. The smallest absolute Gasteiger partial charge is 0.218 e. The van der Waals surface area contributed by atoms with Crippen molar-refractivity contribution in [2.75, 3.05) is 32.7 Å². The van der Waals surface area contributed by atoms with Crippen molar-refractivity contribution in [2.24, 2.45) is 11.7 Å². The summed E-state index contributed by atoms with van der Waals surface area (Å²) in [5.41, 5.74) is 5.15. The van der Waals surface area contributed by atoms with Gasteiger partial charge in [-0.05, 0) is 38.4 Å². The van der Waals surface area contributed by atoms with E-state index in [-0.39, 0.29) is 5.91 Å². The first-order valence-electron chi connectivity index (χ1n) is 5.93. The van der Waals surface area contributed by atoms with Crippen LogP contribution in [0.4, 0.5) is 0 Å². The topological polar surface area (TPSA) is 58.4 Å². The molecule has 0 aliphatic carbocycles. The number of carbonyl (C=O) groups excluding carboxylic acids is 1. The molecule has 88 valence electrons. The van der Waals surface area contributed by atoms with Gasteiger partial charge in [-0.1, -0.05) is 6.92 Å². The number of hydrogen-bond acceptors (Lipinski definition) is 3. The highest BCUT2D eigenvalue weighted by atomic mass is 16.1. The SMILES string of the molecule is CCNCC1CCCN(CCC(N)=O)C1. The highest BCUT2D eigenvalue weighted by molar-refractivity contribution is 5.73. The van der Waals surface area contributed by atoms with Crippen LogP contribution in [0.2, 0.25) is 0 Å². The fourth-order valence-corrected chi connectivity index (χ4v) is 2.14. The van der Waals surface area contributed by atoms with Crippen LogP contribution in [0.1, 0.15) is 26.2 Å². The quantitative estimate of drug-likeness (QED) is 0.662. The summed E-state index contributed by atoms with van der Waals surface area (Å²) in [6.45, 7) is 7.34. The molecular weight excluding hydrogens is 190 g/mol. The Hall–Kier alpha value is -0.610. The molecule has 0 aromatic rings. The lowest BCUT2D eigenvalue weighted by Gasteiger charge is -2.32. The second kappa shape index (κ2) is 6.80. The minimum Gasteiger partial charge on any atom is -0.370 e. The van der Waals surface area contributed by atoms with Crippen LogP contribution >= 0.6 is 0 Å². The molecule has 4 nitrogen and oxygen atoms in total. The predicted molar refractivity (Wildman–Crippen MR) is 61.5 cm³/mol. The lowest BCUT2D eigenvalue weighted by Crippen LogP contribution is -2.40. The first-order valence-corrected chi connectivity index (χ1v) is 5.93. The summed E-state index contributed by atoms with van der Waals surface area (Å²) < 4.78 is 0. The third-order valence-corrected chi connectivity index (χ3v) is 2.96. The molecule has 1 saturated heterocycles. The van der Waals surface area contributed by atoms with E-state index in [2.05, 4.69) is 17.1 Å². The van der Waals surface area contributed by atoms with Crippen LogP contribution in [-0.2, 0) is 4.79 Å². The Bertz CT molecular complexity index is 196.